The van der Waals surface area contributed by atoms with Gasteiger partial charge in [0.05, 0.1) is 23.4 Å². The summed E-state index contributed by atoms with van der Waals surface area (Å²) >= 11 is 1.75. The van der Waals surface area contributed by atoms with Crippen LogP contribution < -0.4 is 4.90 Å². The van der Waals surface area contributed by atoms with E-state index in [4.69, 9.17) is 4.98 Å². The summed E-state index contributed by atoms with van der Waals surface area (Å²) in [6, 6.07) is 4.26. The van der Waals surface area contributed by atoms with Crippen molar-refractivity contribution in [1.82, 2.24) is 19.9 Å². The Morgan fingerprint density at radius 3 is 2.90 bits per heavy atom. The third-order valence-corrected chi connectivity index (χ3v) is 7.41. The van der Waals surface area contributed by atoms with Gasteiger partial charge in [-0.25, -0.2) is 19.3 Å². The molecule has 162 valence electrons. The van der Waals surface area contributed by atoms with Gasteiger partial charge in [0.15, 0.2) is 0 Å². The van der Waals surface area contributed by atoms with E-state index in [1.807, 2.05) is 18.9 Å². The van der Waals surface area contributed by atoms with Gasteiger partial charge in [-0.2, -0.15) is 0 Å². The fraction of sp³-hybridized carbons (Fsp3) is 0.478. The van der Waals surface area contributed by atoms with Crippen LogP contribution in [0.1, 0.15) is 47.0 Å². The summed E-state index contributed by atoms with van der Waals surface area (Å²) in [5, 5.41) is 1.72. The Hall–Kier alpha value is -2.61. The molecule has 0 bridgehead atoms. The van der Waals surface area contributed by atoms with E-state index in [-0.39, 0.29) is 17.8 Å². The van der Waals surface area contributed by atoms with E-state index >= 15 is 0 Å². The number of aromatic nitrogens is 3. The molecule has 6 nitrogen and oxygen atoms in total. The van der Waals surface area contributed by atoms with Gasteiger partial charge in [-0.1, -0.05) is 0 Å². The molecule has 1 aliphatic carbocycles. The smallest absolute Gasteiger partial charge is 0.245 e. The molecule has 1 unspecified atom stereocenters. The van der Waals surface area contributed by atoms with Crippen LogP contribution in [-0.4, -0.2) is 45.4 Å². The van der Waals surface area contributed by atoms with Crippen molar-refractivity contribution in [1.29, 1.82) is 0 Å². The van der Waals surface area contributed by atoms with Gasteiger partial charge in [-0.3, -0.25) is 4.79 Å². The molecule has 1 fully saturated rings. The lowest BCUT2D eigenvalue weighted by atomic mass is 10.0. The minimum absolute atomic E-state index is 0.0751. The number of carbonyl (C=O) groups is 1. The Balaban J connectivity index is 1.36. The molecule has 2 aromatic heterocycles. The van der Waals surface area contributed by atoms with Gasteiger partial charge in [0.2, 0.25) is 11.9 Å². The molecule has 1 atom stereocenters. The molecule has 0 saturated carbocycles. The van der Waals surface area contributed by atoms with Crippen molar-refractivity contribution < 1.29 is 9.18 Å². The van der Waals surface area contributed by atoms with Gasteiger partial charge in [-0.05, 0) is 63.6 Å². The Morgan fingerprint density at radius 1 is 1.23 bits per heavy atom. The number of likely N-dealkylation sites (N-methyl/N-ethyl adjacent to an activating group) is 1. The van der Waals surface area contributed by atoms with E-state index in [1.165, 1.54) is 35.5 Å². The topological polar surface area (TPSA) is 62.2 Å². The number of anilines is 1. The lowest BCUT2D eigenvalue weighted by Gasteiger charge is -2.28. The number of carbonyl (C=O) groups excluding carboxylic acids is 1. The van der Waals surface area contributed by atoms with Crippen molar-refractivity contribution in [2.45, 2.75) is 58.0 Å². The molecule has 1 saturated heterocycles. The maximum Gasteiger partial charge on any atom is 0.245 e. The van der Waals surface area contributed by atoms with Gasteiger partial charge in [0.1, 0.15) is 16.9 Å². The minimum Gasteiger partial charge on any atom is -0.337 e. The first-order valence-electron chi connectivity index (χ1n) is 10.9. The monoisotopic (exact) mass is 439 g/mol. The zero-order valence-corrected chi connectivity index (χ0v) is 18.7. The second-order valence-electron chi connectivity index (χ2n) is 8.50. The number of hydrogen-bond acceptors (Lipinski definition) is 6. The molecule has 0 spiro atoms. The minimum atomic E-state index is -0.299. The summed E-state index contributed by atoms with van der Waals surface area (Å²) in [5.74, 6) is 0.323. The summed E-state index contributed by atoms with van der Waals surface area (Å²) in [7, 11) is 1.86. The van der Waals surface area contributed by atoms with Crippen LogP contribution in [0.4, 0.5) is 10.3 Å². The number of hydrogen-bond donors (Lipinski definition) is 0. The van der Waals surface area contributed by atoms with Crippen LogP contribution in [0.25, 0.3) is 10.9 Å². The Kier molecular flexibility index (Phi) is 5.33. The van der Waals surface area contributed by atoms with Gasteiger partial charge >= 0.3 is 0 Å². The van der Waals surface area contributed by atoms with Gasteiger partial charge < -0.3 is 9.80 Å². The molecule has 2 aliphatic rings. The van der Waals surface area contributed by atoms with E-state index in [1.54, 1.807) is 22.3 Å². The van der Waals surface area contributed by atoms with Crippen LogP contribution in [0.2, 0.25) is 0 Å². The highest BCUT2D eigenvalue weighted by Gasteiger charge is 2.35. The van der Waals surface area contributed by atoms with E-state index in [9.17, 15) is 9.18 Å². The van der Waals surface area contributed by atoms with Crippen LogP contribution in [0.5, 0.6) is 0 Å². The zero-order chi connectivity index (χ0) is 21.5. The second kappa shape index (κ2) is 8.15. The molecular weight excluding hydrogens is 413 g/mol. The SMILES string of the molecule is Cc1nc(N2CCCC2C(=O)N(C)Cc2nc3c(s2)CCCC3)nc2ccc(F)cc12. The predicted molar refractivity (Wildman–Crippen MR) is 120 cm³/mol. The van der Waals surface area contributed by atoms with E-state index in [0.29, 0.717) is 23.4 Å². The number of aryl methyl sites for hydroxylation is 3. The van der Waals surface area contributed by atoms with Crippen LogP contribution in [0.3, 0.4) is 0 Å². The Labute approximate surface area is 185 Å². The average molecular weight is 440 g/mol. The van der Waals surface area contributed by atoms with Crippen molar-refractivity contribution in [2.75, 3.05) is 18.5 Å². The lowest BCUT2D eigenvalue weighted by Crippen LogP contribution is -2.44. The summed E-state index contributed by atoms with van der Waals surface area (Å²) in [6.45, 7) is 3.13. The number of halogens is 1. The Bertz CT molecular complexity index is 1120. The highest BCUT2D eigenvalue weighted by molar-refractivity contribution is 7.11. The highest BCUT2D eigenvalue weighted by Crippen LogP contribution is 2.29. The van der Waals surface area contributed by atoms with Crippen molar-refractivity contribution in [3.63, 3.8) is 0 Å². The fourth-order valence-corrected chi connectivity index (χ4v) is 5.85. The van der Waals surface area contributed by atoms with E-state index in [2.05, 4.69) is 9.97 Å². The number of amides is 1. The predicted octanol–water partition coefficient (Wildman–Crippen LogP) is 4.04. The molecule has 8 heteroatoms. The standard InChI is InChI=1S/C23H26FN5OS/c1-14-16-12-15(24)9-10-17(16)27-23(25-14)29-11-5-7-19(29)22(30)28(2)13-21-26-18-6-3-4-8-20(18)31-21/h9-10,12,19H,3-8,11,13H2,1-2H3. The highest BCUT2D eigenvalue weighted by atomic mass is 32.1. The lowest BCUT2D eigenvalue weighted by molar-refractivity contribution is -0.131. The largest absolute Gasteiger partial charge is 0.337 e. The normalized spacial score (nSPS) is 18.4. The van der Waals surface area contributed by atoms with E-state index in [0.717, 1.165) is 42.9 Å². The Morgan fingerprint density at radius 2 is 2.06 bits per heavy atom. The first kappa shape index (κ1) is 20.3. The molecule has 1 aromatic carbocycles. The summed E-state index contributed by atoms with van der Waals surface area (Å²) < 4.78 is 13.6. The molecular formula is C23H26FN5OS. The van der Waals surface area contributed by atoms with Crippen molar-refractivity contribution in [3.05, 3.63) is 45.3 Å². The second-order valence-corrected chi connectivity index (χ2v) is 9.67. The number of thiazole rings is 1. The quantitative estimate of drug-likeness (QED) is 0.614. The summed E-state index contributed by atoms with van der Waals surface area (Å²) in [5.41, 5.74) is 2.65. The first-order valence-corrected chi connectivity index (χ1v) is 11.7. The molecule has 0 N–H and O–H groups in total. The fourth-order valence-electron chi connectivity index (χ4n) is 4.64. The van der Waals surface area contributed by atoms with Gasteiger partial charge in [0.25, 0.3) is 0 Å². The van der Waals surface area contributed by atoms with Crippen molar-refractivity contribution in [3.8, 4) is 0 Å². The summed E-state index contributed by atoms with van der Waals surface area (Å²) in [4.78, 5) is 32.5. The van der Waals surface area contributed by atoms with Crippen molar-refractivity contribution >= 4 is 34.1 Å². The number of fused-ring (bicyclic) bond motifs is 2. The molecule has 5 rings (SSSR count). The zero-order valence-electron chi connectivity index (χ0n) is 17.9. The van der Waals surface area contributed by atoms with Crippen molar-refractivity contribution in [2.24, 2.45) is 0 Å². The summed E-state index contributed by atoms with van der Waals surface area (Å²) in [6.07, 6.45) is 6.31. The van der Waals surface area contributed by atoms with Crippen LogP contribution in [0, 0.1) is 12.7 Å². The third kappa shape index (κ3) is 3.89. The number of nitrogens with zero attached hydrogens (tertiary/aromatic N) is 5. The molecule has 3 heterocycles. The molecule has 0 radical (unpaired) electrons. The van der Waals surface area contributed by atoms with E-state index < -0.39 is 0 Å². The van der Waals surface area contributed by atoms with Gasteiger partial charge in [-0.15, -0.1) is 11.3 Å². The molecule has 31 heavy (non-hydrogen) atoms. The van der Waals surface area contributed by atoms with Crippen LogP contribution in [-0.2, 0) is 24.2 Å². The van der Waals surface area contributed by atoms with Crippen LogP contribution >= 0.6 is 11.3 Å². The maximum absolute atomic E-state index is 13.6. The average Bonchev–Trinajstić information content (AvgIpc) is 3.40. The molecule has 1 amide bonds. The number of rotatable bonds is 4. The first-order chi connectivity index (χ1) is 15.0. The van der Waals surface area contributed by atoms with Crippen LogP contribution in [0.15, 0.2) is 18.2 Å². The third-order valence-electron chi connectivity index (χ3n) is 6.27. The molecule has 3 aromatic rings. The molecule has 1 aliphatic heterocycles. The number of benzene rings is 1. The van der Waals surface area contributed by atoms with Gasteiger partial charge in [0, 0.05) is 23.9 Å². The maximum atomic E-state index is 13.6.